The van der Waals surface area contributed by atoms with Gasteiger partial charge in [0, 0.05) is 11.1 Å². The van der Waals surface area contributed by atoms with Crippen LogP contribution in [-0.2, 0) is 12.8 Å². The third kappa shape index (κ3) is 4.45. The predicted octanol–water partition coefficient (Wildman–Crippen LogP) is 5.97. The number of benzene rings is 3. The first-order chi connectivity index (χ1) is 14.0. The van der Waals surface area contributed by atoms with Crippen molar-refractivity contribution in [3.63, 3.8) is 0 Å². The molecule has 0 aliphatic heterocycles. The van der Waals surface area contributed by atoms with E-state index in [0.29, 0.717) is 23.6 Å². The van der Waals surface area contributed by atoms with Crippen LogP contribution in [0.25, 0.3) is 10.9 Å². The molecule has 0 aliphatic carbocycles. The number of alkyl halides is 3. The highest BCUT2D eigenvalue weighted by Gasteiger charge is 2.30. The molecule has 7 heteroatoms. The standard InChI is InChI=1S/C22H16F3N3O/c23-22(24,25)16-6-11-19-20(12-16)26-14-27-21(19)28-17-7-9-18(10-8-17)29-13-15-4-2-1-3-5-15/h1-12,14H,13H2,(H,26,27,28). The monoisotopic (exact) mass is 395 g/mol. The van der Waals surface area contributed by atoms with E-state index in [9.17, 15) is 13.2 Å². The van der Waals surface area contributed by atoms with Crippen molar-refractivity contribution in [2.75, 3.05) is 5.32 Å². The molecule has 29 heavy (non-hydrogen) atoms. The highest BCUT2D eigenvalue weighted by molar-refractivity contribution is 5.91. The molecular formula is C22H16F3N3O. The van der Waals surface area contributed by atoms with Gasteiger partial charge in [-0.1, -0.05) is 30.3 Å². The van der Waals surface area contributed by atoms with Crippen molar-refractivity contribution in [1.82, 2.24) is 9.97 Å². The van der Waals surface area contributed by atoms with Gasteiger partial charge in [-0.05, 0) is 48.0 Å². The molecule has 0 unspecified atom stereocenters. The van der Waals surface area contributed by atoms with Crippen molar-refractivity contribution in [2.24, 2.45) is 0 Å². The van der Waals surface area contributed by atoms with E-state index in [1.807, 2.05) is 54.6 Å². The Morgan fingerprint density at radius 3 is 2.34 bits per heavy atom. The molecule has 1 aromatic heterocycles. The van der Waals surface area contributed by atoms with Crippen LogP contribution < -0.4 is 10.1 Å². The minimum absolute atomic E-state index is 0.222. The number of hydrogen-bond donors (Lipinski definition) is 1. The maximum Gasteiger partial charge on any atom is 0.416 e. The molecule has 0 spiro atoms. The number of hydrogen-bond acceptors (Lipinski definition) is 4. The smallest absolute Gasteiger partial charge is 0.416 e. The zero-order valence-electron chi connectivity index (χ0n) is 15.1. The minimum atomic E-state index is -4.41. The predicted molar refractivity (Wildman–Crippen MR) is 105 cm³/mol. The number of nitrogens with one attached hydrogen (secondary N) is 1. The maximum absolute atomic E-state index is 12.9. The summed E-state index contributed by atoms with van der Waals surface area (Å²) in [4.78, 5) is 8.11. The third-order valence-corrected chi connectivity index (χ3v) is 4.33. The van der Waals surface area contributed by atoms with Gasteiger partial charge in [0.05, 0.1) is 11.1 Å². The molecule has 1 N–H and O–H groups in total. The first-order valence-corrected chi connectivity index (χ1v) is 8.85. The lowest BCUT2D eigenvalue weighted by atomic mass is 10.1. The van der Waals surface area contributed by atoms with Crippen molar-refractivity contribution in [3.05, 3.63) is 90.3 Å². The van der Waals surface area contributed by atoms with Crippen molar-refractivity contribution in [2.45, 2.75) is 12.8 Å². The lowest BCUT2D eigenvalue weighted by Crippen LogP contribution is -2.05. The van der Waals surface area contributed by atoms with E-state index >= 15 is 0 Å². The molecule has 0 bridgehead atoms. The Bertz CT molecular complexity index is 1110. The second-order valence-corrected chi connectivity index (χ2v) is 6.38. The number of halogens is 3. The number of anilines is 2. The summed E-state index contributed by atoms with van der Waals surface area (Å²) in [7, 11) is 0. The van der Waals surface area contributed by atoms with Crippen LogP contribution in [0.3, 0.4) is 0 Å². The normalized spacial score (nSPS) is 11.4. The summed E-state index contributed by atoms with van der Waals surface area (Å²) in [5.41, 5.74) is 1.28. The van der Waals surface area contributed by atoms with Crippen molar-refractivity contribution in [3.8, 4) is 5.75 Å². The van der Waals surface area contributed by atoms with Crippen LogP contribution in [0.5, 0.6) is 5.75 Å². The molecule has 0 saturated heterocycles. The SMILES string of the molecule is FC(F)(F)c1ccc2c(Nc3ccc(OCc4ccccc4)cc3)ncnc2c1. The van der Waals surface area contributed by atoms with Crippen molar-refractivity contribution >= 4 is 22.4 Å². The molecule has 1 heterocycles. The van der Waals surface area contributed by atoms with E-state index in [4.69, 9.17) is 4.74 Å². The van der Waals surface area contributed by atoms with Crippen LogP contribution in [0.2, 0.25) is 0 Å². The highest BCUT2D eigenvalue weighted by atomic mass is 19.4. The van der Waals surface area contributed by atoms with Gasteiger partial charge < -0.3 is 10.1 Å². The summed E-state index contributed by atoms with van der Waals surface area (Å²) < 4.78 is 44.5. The summed E-state index contributed by atoms with van der Waals surface area (Å²) in [6.45, 7) is 0.464. The van der Waals surface area contributed by atoms with E-state index in [2.05, 4.69) is 15.3 Å². The average molecular weight is 395 g/mol. The molecule has 0 amide bonds. The van der Waals surface area contributed by atoms with Crippen LogP contribution in [-0.4, -0.2) is 9.97 Å². The topological polar surface area (TPSA) is 47.0 Å². The van der Waals surface area contributed by atoms with Gasteiger partial charge in [0.25, 0.3) is 0 Å². The molecule has 0 aliphatic rings. The third-order valence-electron chi connectivity index (χ3n) is 4.33. The second kappa shape index (κ2) is 7.79. The molecule has 0 fully saturated rings. The lowest BCUT2D eigenvalue weighted by molar-refractivity contribution is -0.137. The molecule has 0 saturated carbocycles. The Morgan fingerprint density at radius 1 is 0.862 bits per heavy atom. The van der Waals surface area contributed by atoms with E-state index in [1.165, 1.54) is 12.4 Å². The van der Waals surface area contributed by atoms with Crippen LogP contribution in [0.1, 0.15) is 11.1 Å². The zero-order valence-corrected chi connectivity index (χ0v) is 15.1. The first-order valence-electron chi connectivity index (χ1n) is 8.85. The van der Waals surface area contributed by atoms with Gasteiger partial charge in [-0.2, -0.15) is 13.2 Å². The van der Waals surface area contributed by atoms with E-state index in [1.54, 1.807) is 0 Å². The molecule has 3 aromatic carbocycles. The van der Waals surface area contributed by atoms with Crippen LogP contribution in [0, 0.1) is 0 Å². The molecule has 4 nitrogen and oxygen atoms in total. The molecule has 4 aromatic rings. The molecule has 146 valence electrons. The highest BCUT2D eigenvalue weighted by Crippen LogP contribution is 2.32. The average Bonchev–Trinajstić information content (AvgIpc) is 2.73. The molecular weight excluding hydrogens is 379 g/mol. The minimum Gasteiger partial charge on any atom is -0.489 e. The molecule has 0 radical (unpaired) electrons. The fourth-order valence-corrected chi connectivity index (χ4v) is 2.85. The van der Waals surface area contributed by atoms with Crippen LogP contribution in [0.15, 0.2) is 79.1 Å². The number of aromatic nitrogens is 2. The van der Waals surface area contributed by atoms with Crippen molar-refractivity contribution < 1.29 is 17.9 Å². The number of nitrogens with zero attached hydrogens (tertiary/aromatic N) is 2. The van der Waals surface area contributed by atoms with Gasteiger partial charge in [0.1, 0.15) is 24.5 Å². The van der Waals surface area contributed by atoms with Gasteiger partial charge >= 0.3 is 6.18 Å². The van der Waals surface area contributed by atoms with Gasteiger partial charge in [0.2, 0.25) is 0 Å². The first kappa shape index (κ1) is 18.7. The Morgan fingerprint density at radius 2 is 1.62 bits per heavy atom. The quantitative estimate of drug-likeness (QED) is 0.452. The summed E-state index contributed by atoms with van der Waals surface area (Å²) in [6.07, 6.45) is -3.18. The summed E-state index contributed by atoms with van der Waals surface area (Å²) in [6, 6.07) is 20.5. The van der Waals surface area contributed by atoms with Gasteiger partial charge in [-0.25, -0.2) is 9.97 Å². The Balaban J connectivity index is 1.49. The van der Waals surface area contributed by atoms with Gasteiger partial charge in [0.15, 0.2) is 0 Å². The second-order valence-electron chi connectivity index (χ2n) is 6.38. The fraction of sp³-hybridized carbons (Fsp3) is 0.0909. The zero-order chi connectivity index (χ0) is 20.3. The van der Waals surface area contributed by atoms with Gasteiger partial charge in [-0.3, -0.25) is 0 Å². The van der Waals surface area contributed by atoms with Crippen LogP contribution >= 0.6 is 0 Å². The van der Waals surface area contributed by atoms with E-state index in [-0.39, 0.29) is 5.52 Å². The molecule has 0 atom stereocenters. The summed E-state index contributed by atoms with van der Waals surface area (Å²) in [5, 5.41) is 3.62. The number of ether oxygens (including phenoxy) is 1. The molecule has 4 rings (SSSR count). The largest absolute Gasteiger partial charge is 0.489 e. The lowest BCUT2D eigenvalue weighted by Gasteiger charge is -2.11. The van der Waals surface area contributed by atoms with E-state index < -0.39 is 11.7 Å². The maximum atomic E-state index is 12.9. The Kier molecular flexibility index (Phi) is 5.03. The van der Waals surface area contributed by atoms with Gasteiger partial charge in [-0.15, -0.1) is 0 Å². The summed E-state index contributed by atoms with van der Waals surface area (Å²) >= 11 is 0. The fourth-order valence-electron chi connectivity index (χ4n) is 2.85. The number of fused-ring (bicyclic) bond motifs is 1. The Labute approximate surface area is 165 Å². The summed E-state index contributed by atoms with van der Waals surface area (Å²) in [5.74, 6) is 1.14. The van der Waals surface area contributed by atoms with Crippen molar-refractivity contribution in [1.29, 1.82) is 0 Å². The van der Waals surface area contributed by atoms with Crippen LogP contribution in [0.4, 0.5) is 24.7 Å². The van der Waals surface area contributed by atoms with E-state index in [0.717, 1.165) is 23.4 Å². The Hall–Kier alpha value is -3.61. The number of rotatable bonds is 5.